The third-order valence-electron chi connectivity index (χ3n) is 3.86. The van der Waals surface area contributed by atoms with Crippen LogP contribution in [0.3, 0.4) is 0 Å². The topological polar surface area (TPSA) is 54.7 Å². The van der Waals surface area contributed by atoms with Crippen LogP contribution < -0.4 is 0 Å². The van der Waals surface area contributed by atoms with Crippen molar-refractivity contribution in [2.75, 3.05) is 0 Å². The van der Waals surface area contributed by atoms with Crippen molar-refractivity contribution >= 4 is 27.1 Å². The van der Waals surface area contributed by atoms with Crippen LogP contribution in [0.25, 0.3) is 5.52 Å². The van der Waals surface area contributed by atoms with Crippen molar-refractivity contribution in [3.05, 3.63) is 64.9 Å². The van der Waals surface area contributed by atoms with E-state index >= 15 is 0 Å². The first kappa shape index (κ1) is 13.8. The Hall–Kier alpha value is -1.89. The molecule has 3 heterocycles. The average Bonchev–Trinajstić information content (AvgIpc) is 3.03. The zero-order chi connectivity index (χ0) is 15.3. The highest BCUT2D eigenvalue weighted by atomic mass is 35.5. The van der Waals surface area contributed by atoms with Crippen LogP contribution in [0.2, 0.25) is 5.02 Å². The molecule has 1 aromatic carbocycles. The molecule has 0 spiro atoms. The van der Waals surface area contributed by atoms with Gasteiger partial charge in [-0.05, 0) is 41.5 Å². The van der Waals surface area contributed by atoms with E-state index in [1.807, 2.05) is 24.4 Å². The summed E-state index contributed by atoms with van der Waals surface area (Å²) in [5, 5.41) is 4.72. The number of fused-ring (bicyclic) bond motifs is 2. The van der Waals surface area contributed by atoms with Crippen LogP contribution in [-0.4, -0.2) is 22.3 Å². The minimum atomic E-state index is -3.47. The molecule has 0 amide bonds. The molecule has 22 heavy (non-hydrogen) atoms. The Bertz CT molecular complexity index is 981. The number of hydrogen-bond acceptors (Lipinski definition) is 3. The van der Waals surface area contributed by atoms with Crippen molar-refractivity contribution < 1.29 is 8.42 Å². The highest BCUT2D eigenvalue weighted by Gasteiger charge is 2.34. The quantitative estimate of drug-likeness (QED) is 0.724. The van der Waals surface area contributed by atoms with E-state index < -0.39 is 10.0 Å². The molecule has 0 N–H and O–H groups in total. The summed E-state index contributed by atoms with van der Waals surface area (Å²) in [5.74, 6) is 0. The summed E-state index contributed by atoms with van der Waals surface area (Å²) >= 11 is 5.96. The number of hydrogen-bond donors (Lipinski definition) is 0. The van der Waals surface area contributed by atoms with Gasteiger partial charge in [-0.25, -0.2) is 12.9 Å². The van der Waals surface area contributed by atoms with Gasteiger partial charge in [-0.15, -0.1) is 0 Å². The maximum absolute atomic E-state index is 12.6. The molecule has 3 aromatic rings. The molecule has 0 fully saturated rings. The molecule has 1 aliphatic rings. The summed E-state index contributed by atoms with van der Waals surface area (Å²) in [6.07, 6.45) is 3.54. The number of nitrogens with zero attached hydrogens (tertiary/aromatic N) is 3. The van der Waals surface area contributed by atoms with Crippen molar-refractivity contribution in [3.8, 4) is 0 Å². The van der Waals surface area contributed by atoms with E-state index in [1.165, 1.54) is 4.31 Å². The Morgan fingerprint density at radius 3 is 2.95 bits per heavy atom. The molecular formula is C15H12ClN3O2S. The van der Waals surface area contributed by atoms with Gasteiger partial charge in [0.15, 0.2) is 0 Å². The molecule has 0 atom stereocenters. The SMILES string of the molecule is O=S1(=O)c2ccc(Cl)cc2CN1Cc1cccn2nccc12. The summed E-state index contributed by atoms with van der Waals surface area (Å²) in [4.78, 5) is 0.345. The highest BCUT2D eigenvalue weighted by Crippen LogP contribution is 2.33. The van der Waals surface area contributed by atoms with Crippen LogP contribution in [0, 0.1) is 0 Å². The lowest BCUT2D eigenvalue weighted by Crippen LogP contribution is -2.24. The van der Waals surface area contributed by atoms with Gasteiger partial charge in [0, 0.05) is 30.5 Å². The van der Waals surface area contributed by atoms with E-state index in [0.717, 1.165) is 16.6 Å². The summed E-state index contributed by atoms with van der Waals surface area (Å²) in [6.45, 7) is 0.651. The van der Waals surface area contributed by atoms with Crippen molar-refractivity contribution in [2.24, 2.45) is 0 Å². The zero-order valence-electron chi connectivity index (χ0n) is 11.5. The molecule has 4 rings (SSSR count). The molecule has 0 saturated carbocycles. The summed E-state index contributed by atoms with van der Waals surface area (Å²) < 4.78 is 28.5. The second-order valence-electron chi connectivity index (χ2n) is 5.22. The first-order chi connectivity index (χ1) is 10.6. The van der Waals surface area contributed by atoms with Crippen molar-refractivity contribution in [1.29, 1.82) is 0 Å². The zero-order valence-corrected chi connectivity index (χ0v) is 13.0. The fraction of sp³-hybridized carbons (Fsp3) is 0.133. The van der Waals surface area contributed by atoms with Gasteiger partial charge in [-0.3, -0.25) is 0 Å². The van der Waals surface area contributed by atoms with Crippen molar-refractivity contribution in [3.63, 3.8) is 0 Å². The van der Waals surface area contributed by atoms with Crippen LogP contribution in [0.4, 0.5) is 0 Å². The van der Waals surface area contributed by atoms with Crippen LogP contribution in [0.5, 0.6) is 0 Å². The molecule has 112 valence electrons. The van der Waals surface area contributed by atoms with Crippen molar-refractivity contribution in [1.82, 2.24) is 13.9 Å². The number of aromatic nitrogens is 2. The lowest BCUT2D eigenvalue weighted by molar-refractivity contribution is 0.420. The third kappa shape index (κ3) is 2.03. The number of rotatable bonds is 2. The fourth-order valence-electron chi connectivity index (χ4n) is 2.82. The third-order valence-corrected chi connectivity index (χ3v) is 5.98. The maximum atomic E-state index is 12.6. The molecule has 0 saturated heterocycles. The minimum absolute atomic E-state index is 0.310. The normalized spacial score (nSPS) is 17.0. The van der Waals surface area contributed by atoms with Gasteiger partial charge >= 0.3 is 0 Å². The van der Waals surface area contributed by atoms with E-state index in [9.17, 15) is 8.42 Å². The van der Waals surface area contributed by atoms with Crippen LogP contribution in [0.15, 0.2) is 53.7 Å². The summed E-state index contributed by atoms with van der Waals surface area (Å²) in [7, 11) is -3.47. The van der Waals surface area contributed by atoms with E-state index in [1.54, 1.807) is 28.9 Å². The Labute approximate surface area is 132 Å². The lowest BCUT2D eigenvalue weighted by atomic mass is 10.2. The highest BCUT2D eigenvalue weighted by molar-refractivity contribution is 7.89. The molecular weight excluding hydrogens is 322 g/mol. The van der Waals surface area contributed by atoms with Crippen LogP contribution in [-0.2, 0) is 23.1 Å². The average molecular weight is 334 g/mol. The lowest BCUT2D eigenvalue weighted by Gasteiger charge is -2.15. The number of benzene rings is 1. The van der Waals surface area contributed by atoms with Crippen molar-refractivity contribution in [2.45, 2.75) is 18.0 Å². The largest absolute Gasteiger partial charge is 0.244 e. The van der Waals surface area contributed by atoms with Gasteiger partial charge in [0.05, 0.1) is 10.4 Å². The number of halogens is 1. The Balaban J connectivity index is 1.75. The monoisotopic (exact) mass is 333 g/mol. The summed E-state index contributed by atoms with van der Waals surface area (Å²) in [6, 6.07) is 10.6. The molecule has 7 heteroatoms. The molecule has 0 radical (unpaired) electrons. The molecule has 1 aliphatic heterocycles. The number of sulfonamides is 1. The van der Waals surface area contributed by atoms with Gasteiger partial charge in [-0.1, -0.05) is 17.7 Å². The first-order valence-electron chi connectivity index (χ1n) is 6.75. The Morgan fingerprint density at radius 2 is 2.09 bits per heavy atom. The van der Waals surface area contributed by atoms with E-state index in [2.05, 4.69) is 5.10 Å². The molecule has 0 aliphatic carbocycles. The van der Waals surface area contributed by atoms with E-state index in [-0.39, 0.29) is 0 Å². The summed E-state index contributed by atoms with van der Waals surface area (Å²) in [5.41, 5.74) is 2.57. The van der Waals surface area contributed by atoms with Gasteiger partial charge in [0.25, 0.3) is 0 Å². The fourth-order valence-corrected chi connectivity index (χ4v) is 4.60. The second-order valence-corrected chi connectivity index (χ2v) is 7.56. The van der Waals surface area contributed by atoms with Gasteiger partial charge in [0.2, 0.25) is 10.0 Å². The smallest absolute Gasteiger partial charge is 0.241 e. The standard InChI is InChI=1S/C15H12ClN3O2S/c16-13-3-4-15-12(8-13)10-18(22(15,20)21)9-11-2-1-7-19-14(11)5-6-17-19/h1-8H,9-10H2. The molecule has 0 unspecified atom stereocenters. The predicted molar refractivity (Wildman–Crippen MR) is 83.1 cm³/mol. The molecule has 5 nitrogen and oxygen atoms in total. The Kier molecular flexibility index (Phi) is 3.00. The van der Waals surface area contributed by atoms with Gasteiger partial charge in [-0.2, -0.15) is 9.40 Å². The Morgan fingerprint density at radius 1 is 1.23 bits per heavy atom. The van der Waals surface area contributed by atoms with Crippen LogP contribution >= 0.6 is 11.6 Å². The minimum Gasteiger partial charge on any atom is -0.241 e. The number of pyridine rings is 1. The maximum Gasteiger partial charge on any atom is 0.244 e. The van der Waals surface area contributed by atoms with Crippen LogP contribution in [0.1, 0.15) is 11.1 Å². The van der Waals surface area contributed by atoms with Gasteiger partial charge in [0.1, 0.15) is 0 Å². The second kappa shape index (κ2) is 4.81. The first-order valence-corrected chi connectivity index (χ1v) is 8.57. The van der Waals surface area contributed by atoms with Gasteiger partial charge < -0.3 is 0 Å². The molecule has 2 aromatic heterocycles. The molecule has 0 bridgehead atoms. The van der Waals surface area contributed by atoms with E-state index in [4.69, 9.17) is 11.6 Å². The van der Waals surface area contributed by atoms with E-state index in [0.29, 0.717) is 23.0 Å². The predicted octanol–water partition coefficient (Wildman–Crippen LogP) is 2.69.